The first kappa shape index (κ1) is 31.0. The fraction of sp³-hybridized carbons (Fsp3) is 0.417. The first-order valence-corrected chi connectivity index (χ1v) is 14.4. The Morgan fingerprint density at radius 3 is 2.24 bits per heavy atom. The summed E-state index contributed by atoms with van der Waals surface area (Å²) < 4.78 is 138. The fourth-order valence-electron chi connectivity index (χ4n) is 4.65. The quantitative estimate of drug-likeness (QED) is 0.204. The number of ketones is 1. The summed E-state index contributed by atoms with van der Waals surface area (Å²) in [6.45, 7) is -1.13. The molecule has 1 aromatic carbocycles. The van der Waals surface area contributed by atoms with Crippen LogP contribution in [0.1, 0.15) is 59.8 Å². The van der Waals surface area contributed by atoms with Crippen LogP contribution in [-0.4, -0.2) is 40.2 Å². The average molecular weight is 675 g/mol. The highest BCUT2D eigenvalue weighted by Gasteiger charge is 2.55. The van der Waals surface area contributed by atoms with Crippen molar-refractivity contribution in [1.82, 2.24) is 19.7 Å². The summed E-state index contributed by atoms with van der Waals surface area (Å²) >= 11 is 3.13. The van der Waals surface area contributed by atoms with E-state index in [2.05, 4.69) is 31.0 Å². The molecule has 0 fully saturated rings. The third-order valence-corrected chi connectivity index (χ3v) is 7.79. The molecule has 2 aromatic heterocycles. The lowest BCUT2D eigenvalue weighted by Gasteiger charge is -2.29. The van der Waals surface area contributed by atoms with Crippen LogP contribution in [0, 0.1) is 11.6 Å². The number of halogens is 9. The Morgan fingerprint density at radius 2 is 1.66 bits per heavy atom. The van der Waals surface area contributed by atoms with Crippen LogP contribution in [0.25, 0.3) is 0 Å². The van der Waals surface area contributed by atoms with Gasteiger partial charge in [0, 0.05) is 43.7 Å². The first-order chi connectivity index (χ1) is 18.9. The van der Waals surface area contributed by atoms with Crippen LogP contribution in [-0.2, 0) is 39.4 Å². The Bertz CT molecular complexity index is 1590. The van der Waals surface area contributed by atoms with Crippen LogP contribution in [0.3, 0.4) is 0 Å². The lowest BCUT2D eigenvalue weighted by molar-refractivity contribution is -0.121. The van der Waals surface area contributed by atoms with Gasteiger partial charge in [-0.1, -0.05) is 0 Å². The van der Waals surface area contributed by atoms with Crippen LogP contribution >= 0.6 is 15.9 Å². The van der Waals surface area contributed by atoms with E-state index in [0.717, 1.165) is 24.6 Å². The highest BCUT2D eigenvalue weighted by atomic mass is 79.9. The molecule has 0 bridgehead atoms. The maximum Gasteiger partial charge on any atom is 0.290 e. The molecule has 0 saturated heterocycles. The highest BCUT2D eigenvalue weighted by Crippen LogP contribution is 2.52. The molecular formula is C24H19BrF8N4O3S. The Kier molecular flexibility index (Phi) is 8.34. The van der Waals surface area contributed by atoms with E-state index >= 15 is 0 Å². The van der Waals surface area contributed by atoms with E-state index < -0.39 is 99.4 Å². The van der Waals surface area contributed by atoms with E-state index in [1.165, 1.54) is 0 Å². The van der Waals surface area contributed by atoms with Crippen molar-refractivity contribution >= 4 is 31.6 Å². The third kappa shape index (κ3) is 6.60. The Morgan fingerprint density at radius 1 is 1.05 bits per heavy atom. The second-order valence-corrected chi connectivity index (χ2v) is 12.3. The molecule has 17 heteroatoms. The molecule has 41 heavy (non-hydrogen) atoms. The predicted molar refractivity (Wildman–Crippen MR) is 129 cm³/mol. The topological polar surface area (TPSA) is 94.8 Å². The number of carbonyl (C=O) groups is 1. The van der Waals surface area contributed by atoms with Crippen LogP contribution in [0.4, 0.5) is 35.1 Å². The molecule has 0 saturated carbocycles. The number of aromatic nitrogens is 4. The van der Waals surface area contributed by atoms with Crippen LogP contribution in [0.2, 0.25) is 0 Å². The predicted octanol–water partition coefficient (Wildman–Crippen LogP) is 6.02. The standard InChI is InChI=1S/C24H19BrF8N4O3S/c1-41(39,40)22-34-9-16(25)18(35-22)12(4-11-5-13(26)8-14(27)6-11)7-15(38)10-37-20-17(19(36-37)21(28)29)23(30,31)2-3-24(20,32)33/h5-6,8-9,12,21H,2-4,7,10H2,1H3/t12-/m1/s1. The summed E-state index contributed by atoms with van der Waals surface area (Å²) in [6, 6.07) is 2.46. The number of fused-ring (bicyclic) bond motifs is 1. The largest absolute Gasteiger partial charge is 0.298 e. The van der Waals surface area contributed by atoms with Gasteiger partial charge in [-0.15, -0.1) is 0 Å². The number of hydrogen-bond donors (Lipinski definition) is 0. The molecule has 0 aliphatic heterocycles. The summed E-state index contributed by atoms with van der Waals surface area (Å²) in [4.78, 5) is 20.8. The average Bonchev–Trinajstić information content (AvgIpc) is 3.22. The lowest BCUT2D eigenvalue weighted by Crippen LogP contribution is -2.33. The Balaban J connectivity index is 1.75. The molecule has 1 aliphatic rings. The van der Waals surface area contributed by atoms with Gasteiger partial charge in [0.15, 0.2) is 5.78 Å². The molecule has 4 rings (SSSR count). The van der Waals surface area contributed by atoms with Gasteiger partial charge in [0.1, 0.15) is 29.6 Å². The zero-order chi connectivity index (χ0) is 30.5. The van der Waals surface area contributed by atoms with Crippen molar-refractivity contribution in [3.8, 4) is 0 Å². The monoisotopic (exact) mass is 674 g/mol. The van der Waals surface area contributed by atoms with Crippen molar-refractivity contribution < 1.29 is 48.3 Å². The molecule has 2 heterocycles. The SMILES string of the molecule is CS(=O)(=O)c1ncc(Br)c([C@@H](CC(=O)Cn2nc(C(F)F)c3c2C(F)(F)CCC3(F)F)Cc2cc(F)cc(F)c2)n1. The number of Topliss-reactive ketones (excluding diaryl/α,β-unsaturated/α-hetero) is 1. The molecule has 0 amide bonds. The zero-order valence-corrected chi connectivity index (χ0v) is 23.2. The molecule has 0 spiro atoms. The zero-order valence-electron chi connectivity index (χ0n) is 20.8. The molecule has 7 nitrogen and oxygen atoms in total. The van der Waals surface area contributed by atoms with Gasteiger partial charge in [-0.2, -0.15) is 13.9 Å². The second kappa shape index (κ2) is 11.0. The van der Waals surface area contributed by atoms with E-state index in [4.69, 9.17) is 0 Å². The second-order valence-electron chi connectivity index (χ2n) is 9.56. The van der Waals surface area contributed by atoms with Crippen molar-refractivity contribution in [2.75, 3.05) is 6.26 Å². The van der Waals surface area contributed by atoms with Crippen LogP contribution in [0.5, 0.6) is 0 Å². The Hall–Kier alpha value is -2.95. The first-order valence-electron chi connectivity index (χ1n) is 11.7. The normalized spacial score (nSPS) is 17.0. The molecule has 222 valence electrons. The van der Waals surface area contributed by atoms with E-state index in [1.807, 2.05) is 0 Å². The molecule has 1 atom stereocenters. The van der Waals surface area contributed by atoms with Crippen molar-refractivity contribution in [2.24, 2.45) is 0 Å². The number of alkyl halides is 6. The maximum atomic E-state index is 14.7. The van der Waals surface area contributed by atoms with Gasteiger partial charge in [0.2, 0.25) is 15.0 Å². The number of sulfone groups is 1. The molecular weight excluding hydrogens is 656 g/mol. The summed E-state index contributed by atoms with van der Waals surface area (Å²) in [5, 5.41) is 2.60. The maximum absolute atomic E-state index is 14.7. The Labute approximate surface area is 236 Å². The number of rotatable bonds is 9. The van der Waals surface area contributed by atoms with Crippen molar-refractivity contribution in [1.29, 1.82) is 0 Å². The minimum Gasteiger partial charge on any atom is -0.298 e. The molecule has 1 aliphatic carbocycles. The summed E-state index contributed by atoms with van der Waals surface area (Å²) in [6.07, 6.45) is -5.54. The van der Waals surface area contributed by atoms with Gasteiger partial charge < -0.3 is 0 Å². The molecule has 0 N–H and O–H groups in total. The minimum absolute atomic E-state index is 0.00866. The highest BCUT2D eigenvalue weighted by molar-refractivity contribution is 9.10. The number of nitrogens with zero attached hydrogens (tertiary/aromatic N) is 4. The van der Waals surface area contributed by atoms with Gasteiger partial charge in [-0.05, 0) is 40.0 Å². The van der Waals surface area contributed by atoms with Crippen molar-refractivity contribution in [2.45, 2.75) is 61.6 Å². The van der Waals surface area contributed by atoms with E-state index in [9.17, 15) is 48.3 Å². The van der Waals surface area contributed by atoms with Gasteiger partial charge >= 0.3 is 0 Å². The van der Waals surface area contributed by atoms with Crippen molar-refractivity contribution in [3.05, 3.63) is 68.7 Å². The fourth-order valence-corrected chi connectivity index (χ4v) is 5.67. The van der Waals surface area contributed by atoms with E-state index in [-0.39, 0.29) is 26.8 Å². The van der Waals surface area contributed by atoms with Gasteiger partial charge in [-0.25, -0.2) is 44.7 Å². The van der Waals surface area contributed by atoms with E-state index in [0.29, 0.717) is 6.07 Å². The molecule has 0 unspecified atom stereocenters. The minimum atomic E-state index is -4.04. The van der Waals surface area contributed by atoms with E-state index in [1.54, 1.807) is 0 Å². The number of carbonyl (C=O) groups excluding carboxylic acids is 1. The number of benzene rings is 1. The van der Waals surface area contributed by atoms with Crippen molar-refractivity contribution in [3.63, 3.8) is 0 Å². The smallest absolute Gasteiger partial charge is 0.290 e. The molecule has 0 radical (unpaired) electrons. The lowest BCUT2D eigenvalue weighted by atomic mass is 9.89. The van der Waals surface area contributed by atoms with Gasteiger partial charge in [-0.3, -0.25) is 9.48 Å². The summed E-state index contributed by atoms with van der Waals surface area (Å²) in [5.74, 6) is -12.1. The summed E-state index contributed by atoms with van der Waals surface area (Å²) in [7, 11) is -3.97. The third-order valence-electron chi connectivity index (χ3n) is 6.32. The van der Waals surface area contributed by atoms with Gasteiger partial charge in [0.05, 0.1) is 15.7 Å². The van der Waals surface area contributed by atoms with Crippen LogP contribution in [0.15, 0.2) is 34.0 Å². The van der Waals surface area contributed by atoms with Gasteiger partial charge in [0.25, 0.3) is 18.3 Å². The molecule has 3 aromatic rings. The number of hydrogen-bond acceptors (Lipinski definition) is 6. The summed E-state index contributed by atoms with van der Waals surface area (Å²) in [5.41, 5.74) is -4.79. The van der Waals surface area contributed by atoms with Crippen LogP contribution < -0.4 is 0 Å².